The van der Waals surface area contributed by atoms with E-state index in [0.29, 0.717) is 47.9 Å². The van der Waals surface area contributed by atoms with Crippen LogP contribution >= 0.6 is 15.9 Å². The zero-order chi connectivity index (χ0) is 27.2. The van der Waals surface area contributed by atoms with Crippen molar-refractivity contribution in [3.05, 3.63) is 51.8 Å². The molecule has 4 heterocycles. The van der Waals surface area contributed by atoms with Gasteiger partial charge in [0.25, 0.3) is 11.5 Å². The van der Waals surface area contributed by atoms with Crippen LogP contribution in [0.5, 0.6) is 0 Å². The lowest BCUT2D eigenvalue weighted by molar-refractivity contribution is -0.192. The van der Waals surface area contributed by atoms with E-state index in [1.807, 2.05) is 4.57 Å². The standard InChI is InChI=1S/C20H22BrN7O2.C2HF3O2/c1-2-3-4-10-27-17-14(11-15(21)24-17)19(30)28-16(25-26-20(27)28)7-9-23-18(29)13-6-5-8-22-12-13;3-2(4,5)1(6)7/h5-6,8,12H,2-4,7,9-11H2,1H3,(H,23,29);(H,6,7). The van der Waals surface area contributed by atoms with Crippen LogP contribution in [0.4, 0.5) is 19.0 Å². The number of pyridine rings is 1. The molecular weight excluding hydrogens is 563 g/mol. The van der Waals surface area contributed by atoms with Crippen molar-refractivity contribution in [2.24, 2.45) is 4.99 Å². The van der Waals surface area contributed by atoms with Crippen LogP contribution in [0.2, 0.25) is 0 Å². The molecule has 37 heavy (non-hydrogen) atoms. The Morgan fingerprint density at radius 2 is 1.97 bits per heavy atom. The van der Waals surface area contributed by atoms with Gasteiger partial charge in [-0.3, -0.25) is 19.1 Å². The second-order valence-electron chi connectivity index (χ2n) is 7.93. The van der Waals surface area contributed by atoms with Crippen molar-refractivity contribution < 1.29 is 27.9 Å². The van der Waals surface area contributed by atoms with E-state index in [4.69, 9.17) is 9.90 Å². The number of hydrogen-bond acceptors (Lipinski definition) is 7. The molecule has 3 aromatic heterocycles. The predicted octanol–water partition coefficient (Wildman–Crippen LogP) is 3.06. The number of nitrogens with zero attached hydrogens (tertiary/aromatic N) is 6. The first-order chi connectivity index (χ1) is 17.5. The number of aryl methyl sites for hydroxylation is 1. The molecule has 1 aliphatic rings. The minimum absolute atomic E-state index is 0.150. The van der Waals surface area contributed by atoms with Gasteiger partial charge in [0.1, 0.15) is 11.6 Å². The molecule has 3 aromatic rings. The number of aliphatic imine (C=N–C) groups is 1. The number of fused-ring (bicyclic) bond motifs is 2. The van der Waals surface area contributed by atoms with Gasteiger partial charge in [-0.2, -0.15) is 13.2 Å². The minimum Gasteiger partial charge on any atom is -0.475 e. The van der Waals surface area contributed by atoms with Crippen LogP contribution in [0.1, 0.15) is 47.9 Å². The molecule has 0 saturated heterocycles. The van der Waals surface area contributed by atoms with Gasteiger partial charge in [-0.1, -0.05) is 19.8 Å². The number of amides is 1. The minimum atomic E-state index is -5.08. The molecule has 0 aliphatic carbocycles. The number of aliphatic carboxylic acids is 1. The van der Waals surface area contributed by atoms with Gasteiger partial charge in [-0.25, -0.2) is 14.2 Å². The van der Waals surface area contributed by atoms with Gasteiger partial charge < -0.3 is 10.4 Å². The fraction of sp³-hybridized carbons (Fsp3) is 0.409. The first-order valence-corrected chi connectivity index (χ1v) is 12.0. The monoisotopic (exact) mass is 585 g/mol. The first kappa shape index (κ1) is 28.0. The molecule has 198 valence electrons. The molecule has 2 N–H and O–H groups in total. The average Bonchev–Trinajstić information content (AvgIpc) is 3.45. The largest absolute Gasteiger partial charge is 0.490 e. The highest BCUT2D eigenvalue weighted by Gasteiger charge is 2.38. The smallest absolute Gasteiger partial charge is 0.475 e. The van der Waals surface area contributed by atoms with Crippen LogP contribution in [0, 0.1) is 0 Å². The molecule has 1 amide bonds. The number of rotatable bonds is 8. The van der Waals surface area contributed by atoms with E-state index >= 15 is 0 Å². The third-order valence-corrected chi connectivity index (χ3v) is 5.73. The highest BCUT2D eigenvalue weighted by Crippen LogP contribution is 2.28. The molecule has 0 fully saturated rings. The number of carbonyl (C=O) groups excluding carboxylic acids is 1. The average molecular weight is 586 g/mol. The van der Waals surface area contributed by atoms with Gasteiger partial charge >= 0.3 is 12.1 Å². The van der Waals surface area contributed by atoms with Crippen LogP contribution < -0.4 is 10.9 Å². The maximum atomic E-state index is 13.1. The van der Waals surface area contributed by atoms with Crippen LogP contribution in [0.3, 0.4) is 0 Å². The normalized spacial score (nSPS) is 12.5. The fourth-order valence-corrected chi connectivity index (χ4v) is 3.98. The zero-order valence-electron chi connectivity index (χ0n) is 19.6. The van der Waals surface area contributed by atoms with E-state index in [2.05, 4.69) is 48.3 Å². The molecule has 0 spiro atoms. The summed E-state index contributed by atoms with van der Waals surface area (Å²) in [5.74, 6) is -1.29. The lowest BCUT2D eigenvalue weighted by Gasteiger charge is -2.12. The van der Waals surface area contributed by atoms with Gasteiger partial charge in [0.05, 0.1) is 15.7 Å². The summed E-state index contributed by atoms with van der Waals surface area (Å²) < 4.78 is 36.0. The lowest BCUT2D eigenvalue weighted by Crippen LogP contribution is -2.28. The Balaban J connectivity index is 0.000000479. The quantitative estimate of drug-likeness (QED) is 0.386. The predicted molar refractivity (Wildman–Crippen MR) is 130 cm³/mol. The second-order valence-corrected chi connectivity index (χ2v) is 8.85. The Morgan fingerprint density at radius 1 is 1.24 bits per heavy atom. The van der Waals surface area contributed by atoms with Crippen molar-refractivity contribution in [2.75, 3.05) is 6.54 Å². The van der Waals surface area contributed by atoms with Crippen LogP contribution in [-0.4, -0.2) is 58.5 Å². The first-order valence-electron chi connectivity index (χ1n) is 11.3. The molecular formula is C22H23BrF3N7O4. The molecule has 0 saturated carbocycles. The molecule has 0 radical (unpaired) electrons. The third-order valence-electron chi connectivity index (χ3n) is 5.28. The number of carboxylic acids is 1. The summed E-state index contributed by atoms with van der Waals surface area (Å²) in [6.07, 6.45) is 2.05. The molecule has 0 atom stereocenters. The van der Waals surface area contributed by atoms with Crippen molar-refractivity contribution in [3.63, 3.8) is 0 Å². The topological polar surface area (TPSA) is 144 Å². The van der Waals surface area contributed by atoms with Crippen molar-refractivity contribution in [1.82, 2.24) is 29.5 Å². The number of hydrogen-bond donors (Lipinski definition) is 2. The van der Waals surface area contributed by atoms with E-state index in [0.717, 1.165) is 30.4 Å². The Labute approximate surface area is 216 Å². The maximum absolute atomic E-state index is 13.1. The van der Waals surface area contributed by atoms with Crippen molar-refractivity contribution in [1.29, 1.82) is 0 Å². The summed E-state index contributed by atoms with van der Waals surface area (Å²) in [4.78, 5) is 42.7. The Bertz CT molecular complexity index is 1370. The zero-order valence-corrected chi connectivity index (χ0v) is 21.2. The molecule has 0 aromatic carbocycles. The lowest BCUT2D eigenvalue weighted by atomic mass is 10.2. The molecule has 11 nitrogen and oxygen atoms in total. The number of aromatic nitrogens is 5. The molecule has 4 rings (SSSR count). The Kier molecular flexibility index (Phi) is 9.13. The maximum Gasteiger partial charge on any atom is 0.490 e. The van der Waals surface area contributed by atoms with E-state index in [-0.39, 0.29) is 11.5 Å². The van der Waals surface area contributed by atoms with E-state index < -0.39 is 12.1 Å². The summed E-state index contributed by atoms with van der Waals surface area (Å²) in [5, 5.41) is 18.5. The highest BCUT2D eigenvalue weighted by atomic mass is 79.9. The second kappa shape index (κ2) is 12.1. The number of halogens is 4. The summed E-state index contributed by atoms with van der Waals surface area (Å²) in [6, 6.07) is 3.41. The summed E-state index contributed by atoms with van der Waals surface area (Å²) >= 11 is 3.43. The number of alkyl halides is 3. The Morgan fingerprint density at radius 3 is 2.59 bits per heavy atom. The van der Waals surface area contributed by atoms with Gasteiger partial charge in [-0.15, -0.1) is 10.2 Å². The molecule has 0 bridgehead atoms. The van der Waals surface area contributed by atoms with Gasteiger partial charge in [0.2, 0.25) is 5.78 Å². The van der Waals surface area contributed by atoms with E-state index in [1.165, 1.54) is 6.20 Å². The van der Waals surface area contributed by atoms with Gasteiger partial charge in [0, 0.05) is 38.3 Å². The molecule has 0 unspecified atom stereocenters. The van der Waals surface area contributed by atoms with Gasteiger partial charge in [-0.05, 0) is 34.5 Å². The third kappa shape index (κ3) is 6.78. The van der Waals surface area contributed by atoms with E-state index in [9.17, 15) is 22.8 Å². The summed E-state index contributed by atoms with van der Waals surface area (Å²) in [5.41, 5.74) is 0.983. The molecule has 1 aliphatic heterocycles. The van der Waals surface area contributed by atoms with Crippen molar-refractivity contribution >= 4 is 44.0 Å². The van der Waals surface area contributed by atoms with Crippen molar-refractivity contribution in [3.8, 4) is 0 Å². The van der Waals surface area contributed by atoms with Crippen molar-refractivity contribution in [2.45, 2.75) is 51.7 Å². The highest BCUT2D eigenvalue weighted by molar-refractivity contribution is 9.18. The summed E-state index contributed by atoms with van der Waals surface area (Å²) in [6.45, 7) is 3.20. The number of carbonyl (C=O) groups is 2. The van der Waals surface area contributed by atoms with Gasteiger partial charge in [0.15, 0.2) is 0 Å². The fourth-order valence-electron chi connectivity index (χ4n) is 3.54. The van der Waals surface area contributed by atoms with Crippen LogP contribution in [0.15, 0.2) is 34.3 Å². The number of nitrogens with one attached hydrogen (secondary N) is 1. The number of carboxylic acid groups (broad SMARTS) is 1. The van der Waals surface area contributed by atoms with Crippen LogP contribution in [-0.2, 0) is 24.2 Å². The number of unbranched alkanes of at least 4 members (excludes halogenated alkanes) is 2. The van der Waals surface area contributed by atoms with Crippen LogP contribution in [0.25, 0.3) is 5.78 Å². The SMILES string of the molecule is CCCCCn1c2c(c(=O)n3c(CCNC(=O)c4cccnc4)nnc13)CC(Br)=N2.O=C(O)C(F)(F)F. The summed E-state index contributed by atoms with van der Waals surface area (Å²) in [7, 11) is 0. The Hall–Kier alpha value is -3.62. The van der Waals surface area contributed by atoms with E-state index in [1.54, 1.807) is 22.7 Å². The molecule has 15 heteroatoms.